The Labute approximate surface area is 102 Å². The molecule has 0 bridgehead atoms. The van der Waals surface area contributed by atoms with Gasteiger partial charge in [0, 0.05) is 13.7 Å². The van der Waals surface area contributed by atoms with Crippen LogP contribution < -0.4 is 5.32 Å². The predicted molar refractivity (Wildman–Crippen MR) is 66.7 cm³/mol. The summed E-state index contributed by atoms with van der Waals surface area (Å²) in [6, 6.07) is 5.10. The monoisotopic (exact) mass is 237 g/mol. The predicted octanol–water partition coefficient (Wildman–Crippen LogP) is 2.47. The van der Waals surface area contributed by atoms with Crippen LogP contribution in [0.1, 0.15) is 23.5 Å². The molecule has 1 aromatic carbocycles. The number of methoxy groups -OCH3 is 1. The minimum atomic E-state index is -0.122. The zero-order chi connectivity index (χ0) is 12.3. The Balaban J connectivity index is 1.83. The zero-order valence-corrected chi connectivity index (χ0v) is 10.5. The van der Waals surface area contributed by atoms with Crippen molar-refractivity contribution in [3.63, 3.8) is 0 Å². The molecule has 0 amide bonds. The van der Waals surface area contributed by atoms with Gasteiger partial charge in [0.2, 0.25) is 0 Å². The number of ether oxygens (including phenoxy) is 1. The van der Waals surface area contributed by atoms with Gasteiger partial charge in [-0.1, -0.05) is 6.07 Å². The van der Waals surface area contributed by atoms with Crippen molar-refractivity contribution in [3.05, 3.63) is 35.1 Å². The van der Waals surface area contributed by atoms with E-state index in [2.05, 4.69) is 12.2 Å². The topological polar surface area (TPSA) is 21.3 Å². The number of halogens is 1. The quantitative estimate of drug-likeness (QED) is 0.767. The van der Waals surface area contributed by atoms with Crippen LogP contribution in [0.15, 0.2) is 18.2 Å². The lowest BCUT2D eigenvalue weighted by atomic mass is 10.0. The summed E-state index contributed by atoms with van der Waals surface area (Å²) in [6.45, 7) is 4.70. The van der Waals surface area contributed by atoms with E-state index < -0.39 is 0 Å². The summed E-state index contributed by atoms with van der Waals surface area (Å²) in [6.07, 6.45) is 1.17. The molecule has 17 heavy (non-hydrogen) atoms. The molecule has 2 nitrogen and oxygen atoms in total. The normalized spacial score (nSPS) is 22.8. The maximum Gasteiger partial charge on any atom is 0.123 e. The van der Waals surface area contributed by atoms with Gasteiger partial charge in [0.25, 0.3) is 0 Å². The van der Waals surface area contributed by atoms with Crippen molar-refractivity contribution in [1.29, 1.82) is 0 Å². The van der Waals surface area contributed by atoms with Gasteiger partial charge in [0.05, 0.1) is 6.61 Å². The van der Waals surface area contributed by atoms with Gasteiger partial charge in [-0.15, -0.1) is 0 Å². The van der Waals surface area contributed by atoms with E-state index >= 15 is 0 Å². The summed E-state index contributed by atoms with van der Waals surface area (Å²) in [5, 5.41) is 3.36. The molecule has 1 saturated carbocycles. The maximum absolute atomic E-state index is 13.2. The lowest BCUT2D eigenvalue weighted by molar-refractivity contribution is 0.199. The highest BCUT2D eigenvalue weighted by Gasteiger charge is 2.38. The van der Waals surface area contributed by atoms with Gasteiger partial charge in [-0.05, 0) is 55.0 Å². The van der Waals surface area contributed by atoms with Crippen molar-refractivity contribution < 1.29 is 9.13 Å². The maximum atomic E-state index is 13.2. The lowest BCUT2D eigenvalue weighted by Gasteiger charge is -2.06. The third-order valence-corrected chi connectivity index (χ3v) is 3.45. The van der Waals surface area contributed by atoms with Crippen LogP contribution >= 0.6 is 0 Å². The van der Waals surface area contributed by atoms with Crippen LogP contribution in [0.4, 0.5) is 4.39 Å². The van der Waals surface area contributed by atoms with Crippen LogP contribution in [0.3, 0.4) is 0 Å². The molecule has 94 valence electrons. The van der Waals surface area contributed by atoms with Crippen LogP contribution in [0, 0.1) is 18.7 Å². The van der Waals surface area contributed by atoms with Crippen molar-refractivity contribution in [2.45, 2.75) is 19.3 Å². The number of hydrogen-bond acceptors (Lipinski definition) is 2. The van der Waals surface area contributed by atoms with E-state index in [1.807, 2.05) is 6.07 Å². The van der Waals surface area contributed by atoms with E-state index in [0.29, 0.717) is 11.8 Å². The lowest BCUT2D eigenvalue weighted by Crippen LogP contribution is -2.21. The first-order valence-corrected chi connectivity index (χ1v) is 6.18. The van der Waals surface area contributed by atoms with E-state index in [-0.39, 0.29) is 5.82 Å². The van der Waals surface area contributed by atoms with Crippen molar-refractivity contribution in [2.24, 2.45) is 5.92 Å². The molecule has 3 heteroatoms. The third-order valence-electron chi connectivity index (χ3n) is 3.45. The number of hydrogen-bond donors (Lipinski definition) is 1. The van der Waals surface area contributed by atoms with Gasteiger partial charge in [0.1, 0.15) is 5.82 Å². The SMILES string of the molecule is COCCNCC1CC1c1cc(F)ccc1C. The highest BCUT2D eigenvalue weighted by atomic mass is 19.1. The molecule has 1 fully saturated rings. The summed E-state index contributed by atoms with van der Waals surface area (Å²) in [4.78, 5) is 0. The molecular formula is C14H20FNO. The fraction of sp³-hybridized carbons (Fsp3) is 0.571. The van der Waals surface area contributed by atoms with Crippen molar-refractivity contribution in [1.82, 2.24) is 5.32 Å². The molecule has 0 aliphatic heterocycles. The van der Waals surface area contributed by atoms with Crippen LogP contribution in [0.5, 0.6) is 0 Å². The second kappa shape index (κ2) is 5.61. The van der Waals surface area contributed by atoms with Crippen LogP contribution in [0.25, 0.3) is 0 Å². The molecule has 0 aromatic heterocycles. The van der Waals surface area contributed by atoms with Crippen molar-refractivity contribution in [2.75, 3.05) is 26.8 Å². The summed E-state index contributed by atoms with van der Waals surface area (Å²) in [5.74, 6) is 1.08. The third kappa shape index (κ3) is 3.27. The minimum Gasteiger partial charge on any atom is -0.383 e. The fourth-order valence-corrected chi connectivity index (χ4v) is 2.33. The second-order valence-electron chi connectivity index (χ2n) is 4.80. The summed E-state index contributed by atoms with van der Waals surface area (Å²) in [5.41, 5.74) is 2.39. The fourth-order valence-electron chi connectivity index (χ4n) is 2.33. The molecule has 0 radical (unpaired) electrons. The minimum absolute atomic E-state index is 0.122. The molecule has 0 saturated heterocycles. The van der Waals surface area contributed by atoms with Crippen molar-refractivity contribution >= 4 is 0 Å². The summed E-state index contributed by atoms with van der Waals surface area (Å²) >= 11 is 0. The highest BCUT2D eigenvalue weighted by molar-refractivity contribution is 5.34. The van der Waals surface area contributed by atoms with Gasteiger partial charge >= 0.3 is 0 Å². The zero-order valence-electron chi connectivity index (χ0n) is 10.5. The highest BCUT2D eigenvalue weighted by Crippen LogP contribution is 2.48. The molecule has 0 spiro atoms. The van der Waals surface area contributed by atoms with Gasteiger partial charge in [-0.3, -0.25) is 0 Å². The van der Waals surface area contributed by atoms with E-state index in [0.717, 1.165) is 19.7 Å². The Morgan fingerprint density at radius 1 is 1.47 bits per heavy atom. The Morgan fingerprint density at radius 2 is 2.29 bits per heavy atom. The standard InChI is InChI=1S/C14H20FNO/c1-10-3-4-12(15)8-13(10)14-7-11(14)9-16-5-6-17-2/h3-4,8,11,14,16H,5-7,9H2,1-2H3. The van der Waals surface area contributed by atoms with E-state index in [4.69, 9.17) is 4.74 Å². The molecule has 0 heterocycles. The first kappa shape index (κ1) is 12.5. The molecule has 1 N–H and O–H groups in total. The summed E-state index contributed by atoms with van der Waals surface area (Å²) in [7, 11) is 1.71. The Hall–Kier alpha value is -0.930. The second-order valence-corrected chi connectivity index (χ2v) is 4.80. The number of benzene rings is 1. The largest absolute Gasteiger partial charge is 0.383 e. The Kier molecular flexibility index (Phi) is 4.13. The van der Waals surface area contributed by atoms with Gasteiger partial charge in [-0.25, -0.2) is 4.39 Å². The number of rotatable bonds is 6. The van der Waals surface area contributed by atoms with E-state index in [1.165, 1.54) is 23.6 Å². The molecule has 1 aliphatic rings. The van der Waals surface area contributed by atoms with E-state index in [1.54, 1.807) is 13.2 Å². The van der Waals surface area contributed by atoms with E-state index in [9.17, 15) is 4.39 Å². The van der Waals surface area contributed by atoms with Gasteiger partial charge in [0.15, 0.2) is 0 Å². The number of nitrogens with one attached hydrogen (secondary N) is 1. The average Bonchev–Trinajstić information content (AvgIpc) is 3.07. The first-order valence-electron chi connectivity index (χ1n) is 6.18. The smallest absolute Gasteiger partial charge is 0.123 e. The average molecular weight is 237 g/mol. The molecule has 2 rings (SSSR count). The summed E-state index contributed by atoms with van der Waals surface area (Å²) < 4.78 is 18.2. The Morgan fingerprint density at radius 3 is 3.06 bits per heavy atom. The van der Waals surface area contributed by atoms with Crippen LogP contribution in [0.2, 0.25) is 0 Å². The molecule has 2 unspecified atom stereocenters. The Bertz CT molecular complexity index is 380. The number of aryl methyl sites for hydroxylation is 1. The van der Waals surface area contributed by atoms with Gasteiger partial charge < -0.3 is 10.1 Å². The molecule has 1 aromatic rings. The molecule has 1 aliphatic carbocycles. The van der Waals surface area contributed by atoms with Crippen LogP contribution in [-0.4, -0.2) is 26.8 Å². The first-order chi connectivity index (χ1) is 8.22. The molecule has 2 atom stereocenters. The van der Waals surface area contributed by atoms with Crippen LogP contribution in [-0.2, 0) is 4.74 Å². The van der Waals surface area contributed by atoms with Crippen molar-refractivity contribution in [3.8, 4) is 0 Å². The molecular weight excluding hydrogens is 217 g/mol. The van der Waals surface area contributed by atoms with Gasteiger partial charge in [-0.2, -0.15) is 0 Å².